The summed E-state index contributed by atoms with van der Waals surface area (Å²) in [6.07, 6.45) is 4.96. The monoisotopic (exact) mass is 359 g/mol. The summed E-state index contributed by atoms with van der Waals surface area (Å²) in [6, 6.07) is 9.58. The third kappa shape index (κ3) is 2.67. The van der Waals surface area contributed by atoms with Crippen LogP contribution in [0.3, 0.4) is 0 Å². The Morgan fingerprint density at radius 1 is 1.25 bits per heavy atom. The average Bonchev–Trinajstić information content (AvgIpc) is 3.23. The van der Waals surface area contributed by atoms with Crippen molar-refractivity contribution in [1.82, 2.24) is 9.97 Å². The predicted octanol–water partition coefficient (Wildman–Crippen LogP) is 3.44. The van der Waals surface area contributed by atoms with Gasteiger partial charge in [0.2, 0.25) is 0 Å². The molecule has 5 nitrogen and oxygen atoms in total. The molecule has 4 rings (SSSR count). The van der Waals surface area contributed by atoms with E-state index in [0.29, 0.717) is 10.9 Å². The van der Waals surface area contributed by atoms with Crippen molar-refractivity contribution in [1.29, 1.82) is 0 Å². The molecule has 1 atom stereocenters. The van der Waals surface area contributed by atoms with Crippen LogP contribution in [0.25, 0.3) is 10.9 Å². The van der Waals surface area contributed by atoms with Gasteiger partial charge in [0.25, 0.3) is 0 Å². The van der Waals surface area contributed by atoms with Crippen LogP contribution in [-0.4, -0.2) is 31.2 Å². The van der Waals surface area contributed by atoms with Gasteiger partial charge in [-0.05, 0) is 42.5 Å². The SMILES string of the molecule is CS(=O)(=O)c1ccc2ncnc(N3CCCC3c3cccs3)c2c1. The van der Waals surface area contributed by atoms with Crippen LogP contribution in [0, 0.1) is 0 Å². The zero-order valence-corrected chi connectivity index (χ0v) is 14.8. The molecule has 1 aliphatic heterocycles. The Labute approximate surface area is 144 Å². The number of benzene rings is 1. The van der Waals surface area contributed by atoms with Gasteiger partial charge in [-0.3, -0.25) is 0 Å². The largest absolute Gasteiger partial charge is 0.348 e. The van der Waals surface area contributed by atoms with E-state index < -0.39 is 9.84 Å². The topological polar surface area (TPSA) is 63.2 Å². The number of rotatable bonds is 3. The highest BCUT2D eigenvalue weighted by Crippen LogP contribution is 2.39. The van der Waals surface area contributed by atoms with Gasteiger partial charge in [-0.15, -0.1) is 11.3 Å². The first-order chi connectivity index (χ1) is 11.5. The molecule has 3 aromatic rings. The Kier molecular flexibility index (Phi) is 3.77. The molecule has 1 unspecified atom stereocenters. The molecular formula is C17H17N3O2S2. The maximum atomic E-state index is 11.9. The van der Waals surface area contributed by atoms with Crippen LogP contribution < -0.4 is 4.90 Å². The summed E-state index contributed by atoms with van der Waals surface area (Å²) >= 11 is 1.75. The first-order valence-electron chi connectivity index (χ1n) is 7.79. The second-order valence-electron chi connectivity index (χ2n) is 6.02. The Bertz CT molecular complexity index is 984. The number of anilines is 1. The summed E-state index contributed by atoms with van der Waals surface area (Å²) in [7, 11) is -3.26. The number of hydrogen-bond acceptors (Lipinski definition) is 6. The molecule has 0 aliphatic carbocycles. The summed E-state index contributed by atoms with van der Waals surface area (Å²) in [6.45, 7) is 0.914. The quantitative estimate of drug-likeness (QED) is 0.717. The Hall–Kier alpha value is -1.99. The summed E-state index contributed by atoms with van der Waals surface area (Å²) in [4.78, 5) is 12.7. The van der Waals surface area contributed by atoms with Gasteiger partial charge >= 0.3 is 0 Å². The van der Waals surface area contributed by atoms with E-state index in [4.69, 9.17) is 0 Å². The number of aromatic nitrogens is 2. The van der Waals surface area contributed by atoms with Crippen molar-refractivity contribution in [3.63, 3.8) is 0 Å². The highest BCUT2D eigenvalue weighted by Gasteiger charge is 2.29. The lowest BCUT2D eigenvalue weighted by Gasteiger charge is -2.26. The highest BCUT2D eigenvalue weighted by atomic mass is 32.2. The van der Waals surface area contributed by atoms with Gasteiger partial charge < -0.3 is 4.90 Å². The summed E-state index contributed by atoms with van der Waals surface area (Å²) in [5, 5.41) is 2.88. The van der Waals surface area contributed by atoms with Crippen LogP contribution in [0.4, 0.5) is 5.82 Å². The van der Waals surface area contributed by atoms with E-state index in [2.05, 4.69) is 32.4 Å². The van der Waals surface area contributed by atoms with E-state index in [9.17, 15) is 8.42 Å². The van der Waals surface area contributed by atoms with Gasteiger partial charge in [-0.1, -0.05) is 6.07 Å². The van der Waals surface area contributed by atoms with Gasteiger partial charge in [0.05, 0.1) is 16.5 Å². The molecule has 0 bridgehead atoms. The molecule has 1 saturated heterocycles. The molecule has 0 spiro atoms. The van der Waals surface area contributed by atoms with E-state index in [-0.39, 0.29) is 0 Å². The smallest absolute Gasteiger partial charge is 0.175 e. The van der Waals surface area contributed by atoms with Crippen LogP contribution in [0.15, 0.2) is 46.9 Å². The second kappa shape index (κ2) is 5.82. The summed E-state index contributed by atoms with van der Waals surface area (Å²) < 4.78 is 23.8. The molecule has 7 heteroatoms. The van der Waals surface area contributed by atoms with Crippen molar-refractivity contribution >= 4 is 37.9 Å². The van der Waals surface area contributed by atoms with Gasteiger partial charge in [-0.25, -0.2) is 18.4 Å². The fraction of sp³-hybridized carbons (Fsp3) is 0.294. The second-order valence-corrected chi connectivity index (χ2v) is 9.01. The van der Waals surface area contributed by atoms with E-state index in [1.165, 1.54) is 11.1 Å². The van der Waals surface area contributed by atoms with Gasteiger partial charge in [0.15, 0.2) is 9.84 Å². The maximum absolute atomic E-state index is 11.9. The fourth-order valence-electron chi connectivity index (χ4n) is 3.28. The van der Waals surface area contributed by atoms with Gasteiger partial charge in [0, 0.05) is 23.1 Å². The molecule has 0 N–H and O–H groups in total. The van der Waals surface area contributed by atoms with Crippen LogP contribution in [0.5, 0.6) is 0 Å². The van der Waals surface area contributed by atoms with E-state index in [1.54, 1.807) is 35.9 Å². The molecule has 3 heterocycles. The number of nitrogens with zero attached hydrogens (tertiary/aromatic N) is 3. The minimum atomic E-state index is -3.26. The molecule has 0 radical (unpaired) electrons. The van der Waals surface area contributed by atoms with Crippen molar-refractivity contribution < 1.29 is 8.42 Å². The third-order valence-electron chi connectivity index (χ3n) is 4.41. The first kappa shape index (κ1) is 15.5. The Balaban J connectivity index is 1.86. The summed E-state index contributed by atoms with van der Waals surface area (Å²) in [5.41, 5.74) is 0.768. The van der Waals surface area contributed by atoms with Crippen molar-refractivity contribution in [2.45, 2.75) is 23.8 Å². The zero-order valence-electron chi connectivity index (χ0n) is 13.2. The standard InChI is InChI=1S/C17H17N3O2S2/c1-24(21,22)12-6-7-14-13(10-12)17(19-11-18-14)20-8-2-4-15(20)16-5-3-9-23-16/h3,5-7,9-11,15H,2,4,8H2,1H3. The minimum absolute atomic E-state index is 0.296. The predicted molar refractivity (Wildman–Crippen MR) is 96.3 cm³/mol. The molecular weight excluding hydrogens is 342 g/mol. The summed E-state index contributed by atoms with van der Waals surface area (Å²) in [5.74, 6) is 0.821. The van der Waals surface area contributed by atoms with Crippen LogP contribution in [0.1, 0.15) is 23.8 Å². The Morgan fingerprint density at radius 2 is 2.12 bits per heavy atom. The lowest BCUT2D eigenvalue weighted by atomic mass is 10.1. The van der Waals surface area contributed by atoms with Gasteiger partial charge in [0.1, 0.15) is 12.1 Å². The molecule has 2 aromatic heterocycles. The number of fused-ring (bicyclic) bond motifs is 1. The van der Waals surface area contributed by atoms with E-state index >= 15 is 0 Å². The normalized spacial score (nSPS) is 18.4. The number of thiophene rings is 1. The molecule has 1 fully saturated rings. The highest BCUT2D eigenvalue weighted by molar-refractivity contribution is 7.90. The first-order valence-corrected chi connectivity index (χ1v) is 10.6. The van der Waals surface area contributed by atoms with Crippen LogP contribution in [0.2, 0.25) is 0 Å². The van der Waals surface area contributed by atoms with Crippen molar-refractivity contribution in [3.05, 3.63) is 46.9 Å². The number of hydrogen-bond donors (Lipinski definition) is 0. The van der Waals surface area contributed by atoms with Gasteiger partial charge in [-0.2, -0.15) is 0 Å². The lowest BCUT2D eigenvalue weighted by Crippen LogP contribution is -2.23. The van der Waals surface area contributed by atoms with E-state index in [1.807, 2.05) is 0 Å². The molecule has 24 heavy (non-hydrogen) atoms. The third-order valence-corrected chi connectivity index (χ3v) is 6.49. The molecule has 0 saturated carbocycles. The zero-order chi connectivity index (χ0) is 16.7. The van der Waals surface area contributed by atoms with Crippen LogP contribution in [-0.2, 0) is 9.84 Å². The van der Waals surface area contributed by atoms with Crippen molar-refractivity contribution in [2.24, 2.45) is 0 Å². The lowest BCUT2D eigenvalue weighted by molar-refractivity contribution is 0.602. The molecule has 0 amide bonds. The minimum Gasteiger partial charge on any atom is -0.348 e. The average molecular weight is 359 g/mol. The fourth-order valence-corrected chi connectivity index (χ4v) is 4.80. The number of sulfone groups is 1. The van der Waals surface area contributed by atoms with Crippen LogP contribution >= 0.6 is 11.3 Å². The van der Waals surface area contributed by atoms with Crippen molar-refractivity contribution in [2.75, 3.05) is 17.7 Å². The molecule has 1 aliphatic rings. The Morgan fingerprint density at radius 3 is 2.88 bits per heavy atom. The van der Waals surface area contributed by atoms with E-state index in [0.717, 1.165) is 36.1 Å². The molecule has 124 valence electrons. The maximum Gasteiger partial charge on any atom is 0.175 e. The van der Waals surface area contributed by atoms with Crippen molar-refractivity contribution in [3.8, 4) is 0 Å². The molecule has 1 aromatic carbocycles.